The molecule has 1 aromatic heterocycles. The van der Waals surface area contributed by atoms with Crippen LogP contribution in [0.4, 0.5) is 5.69 Å². The zero-order valence-corrected chi connectivity index (χ0v) is 10.8. The van der Waals surface area contributed by atoms with Crippen LogP contribution in [0.5, 0.6) is 11.5 Å². The zero-order chi connectivity index (χ0) is 14.7. The van der Waals surface area contributed by atoms with Crippen molar-refractivity contribution in [2.45, 2.75) is 19.8 Å². The van der Waals surface area contributed by atoms with Gasteiger partial charge in [0.25, 0.3) is 0 Å². The third kappa shape index (κ3) is 2.56. The molecule has 2 rings (SSSR count). The van der Waals surface area contributed by atoms with Crippen molar-refractivity contribution in [1.82, 2.24) is 0 Å². The van der Waals surface area contributed by atoms with Gasteiger partial charge < -0.3 is 14.3 Å². The second-order valence-electron chi connectivity index (χ2n) is 4.20. The summed E-state index contributed by atoms with van der Waals surface area (Å²) in [5.74, 6) is -0.219. The fraction of sp³-hybridized carbons (Fsp3) is 0.308. The Labute approximate surface area is 113 Å². The number of hydrogen-bond acceptors (Lipinski definition) is 6. The Morgan fingerprint density at radius 2 is 2.20 bits per heavy atom. The molecule has 1 aromatic carbocycles. The minimum atomic E-state index is -1.19. The molecule has 7 nitrogen and oxygen atoms in total. The molecule has 0 unspecified atom stereocenters. The first-order valence-electron chi connectivity index (χ1n) is 6.11. The van der Waals surface area contributed by atoms with Gasteiger partial charge in [0.2, 0.25) is 5.75 Å². The Balaban J connectivity index is 2.47. The van der Waals surface area contributed by atoms with Crippen LogP contribution in [0.15, 0.2) is 27.4 Å². The van der Waals surface area contributed by atoms with E-state index in [2.05, 4.69) is 0 Å². The maximum atomic E-state index is 11.5. The van der Waals surface area contributed by atoms with Crippen molar-refractivity contribution in [2.24, 2.45) is 0 Å². The number of benzene rings is 1. The molecule has 1 heterocycles. The molecule has 0 fully saturated rings. The molecule has 0 radical (unpaired) electrons. The van der Waals surface area contributed by atoms with Crippen molar-refractivity contribution in [3.63, 3.8) is 0 Å². The molecular formula is C13H13NO6. The summed E-state index contributed by atoms with van der Waals surface area (Å²) >= 11 is 0. The Hall–Kier alpha value is -2.57. The first-order valence-corrected chi connectivity index (χ1v) is 6.11. The van der Waals surface area contributed by atoms with E-state index in [1.807, 2.05) is 6.92 Å². The molecule has 0 saturated heterocycles. The summed E-state index contributed by atoms with van der Waals surface area (Å²) in [4.78, 5) is 21.2. The first-order chi connectivity index (χ1) is 9.54. The van der Waals surface area contributed by atoms with Gasteiger partial charge in [-0.3, -0.25) is 10.1 Å². The third-order valence-corrected chi connectivity index (χ3v) is 2.78. The van der Waals surface area contributed by atoms with Crippen LogP contribution < -0.4 is 10.4 Å². The summed E-state index contributed by atoms with van der Waals surface area (Å²) in [5.41, 5.74) is -2.10. The number of unbranched alkanes of at least 4 members (excludes halogenated alkanes) is 1. The molecule has 0 aliphatic rings. The number of aromatic hydroxyl groups is 1. The lowest BCUT2D eigenvalue weighted by molar-refractivity contribution is -0.388. The molecule has 0 atom stereocenters. The van der Waals surface area contributed by atoms with Crippen molar-refractivity contribution in [3.05, 3.63) is 38.7 Å². The predicted molar refractivity (Wildman–Crippen MR) is 71.2 cm³/mol. The van der Waals surface area contributed by atoms with E-state index in [0.29, 0.717) is 12.4 Å². The summed E-state index contributed by atoms with van der Waals surface area (Å²) in [6.07, 6.45) is 1.86. The summed E-state index contributed by atoms with van der Waals surface area (Å²) < 4.78 is 10.3. The molecule has 20 heavy (non-hydrogen) atoms. The molecule has 0 bridgehead atoms. The van der Waals surface area contributed by atoms with E-state index in [0.717, 1.165) is 12.8 Å². The molecule has 0 spiro atoms. The van der Waals surface area contributed by atoms with Crippen molar-refractivity contribution < 1.29 is 19.2 Å². The minimum Gasteiger partial charge on any atom is -0.501 e. The molecule has 7 heteroatoms. The van der Waals surface area contributed by atoms with Crippen molar-refractivity contribution in [2.75, 3.05) is 6.61 Å². The quantitative estimate of drug-likeness (QED) is 0.390. The van der Waals surface area contributed by atoms with Crippen LogP contribution in [0.2, 0.25) is 0 Å². The van der Waals surface area contributed by atoms with Crippen LogP contribution in [0, 0.1) is 10.1 Å². The highest BCUT2D eigenvalue weighted by Gasteiger charge is 2.24. The topological polar surface area (TPSA) is 103 Å². The predicted octanol–water partition coefficient (Wildman–Crippen LogP) is 2.59. The number of nitrogens with zero attached hydrogens (tertiary/aromatic N) is 1. The number of hydrogen-bond donors (Lipinski definition) is 1. The van der Waals surface area contributed by atoms with Crippen molar-refractivity contribution in [1.29, 1.82) is 0 Å². The fourth-order valence-electron chi connectivity index (χ4n) is 1.74. The number of fused-ring (bicyclic) bond motifs is 1. The molecule has 0 saturated carbocycles. The van der Waals surface area contributed by atoms with Crippen LogP contribution in [-0.2, 0) is 0 Å². The van der Waals surface area contributed by atoms with Gasteiger partial charge in [-0.2, -0.15) is 0 Å². The van der Waals surface area contributed by atoms with E-state index >= 15 is 0 Å². The molecule has 0 amide bonds. The monoisotopic (exact) mass is 279 g/mol. The first kappa shape index (κ1) is 13.9. The SMILES string of the molecule is CCCCOc1ccc2c(O)c([N+](=O)[O-])c(=O)oc2c1. The van der Waals surface area contributed by atoms with Gasteiger partial charge in [-0.15, -0.1) is 0 Å². The van der Waals surface area contributed by atoms with Crippen molar-refractivity contribution >= 4 is 16.7 Å². The lowest BCUT2D eigenvalue weighted by Crippen LogP contribution is -2.07. The summed E-state index contributed by atoms with van der Waals surface area (Å²) in [6.45, 7) is 2.55. The van der Waals surface area contributed by atoms with E-state index in [1.165, 1.54) is 12.1 Å². The number of nitro groups is 1. The standard InChI is InChI=1S/C13H13NO6/c1-2-3-6-19-8-4-5-9-10(7-8)20-13(16)11(12(9)15)14(17)18/h4-5,7,15H,2-3,6H2,1H3. The van der Waals surface area contributed by atoms with E-state index in [1.54, 1.807) is 6.07 Å². The average Bonchev–Trinajstić information content (AvgIpc) is 2.38. The van der Waals surface area contributed by atoms with E-state index in [-0.39, 0.29) is 11.0 Å². The van der Waals surface area contributed by atoms with Gasteiger partial charge in [0.15, 0.2) is 0 Å². The number of ether oxygens (including phenoxy) is 1. The molecule has 106 valence electrons. The van der Waals surface area contributed by atoms with Crippen LogP contribution in [0.25, 0.3) is 11.0 Å². The van der Waals surface area contributed by atoms with Crippen LogP contribution >= 0.6 is 0 Å². The largest absolute Gasteiger partial charge is 0.501 e. The summed E-state index contributed by atoms with van der Waals surface area (Å²) in [6, 6.07) is 4.40. The van der Waals surface area contributed by atoms with Gasteiger partial charge in [-0.25, -0.2) is 4.79 Å². The van der Waals surface area contributed by atoms with Gasteiger partial charge >= 0.3 is 11.3 Å². The lowest BCUT2D eigenvalue weighted by Gasteiger charge is -2.06. The highest BCUT2D eigenvalue weighted by Crippen LogP contribution is 2.32. The Bertz CT molecular complexity index is 706. The maximum Gasteiger partial charge on any atom is 0.419 e. The second-order valence-corrected chi connectivity index (χ2v) is 4.20. The molecular weight excluding hydrogens is 266 g/mol. The Morgan fingerprint density at radius 1 is 1.45 bits per heavy atom. The van der Waals surface area contributed by atoms with E-state index in [4.69, 9.17) is 9.15 Å². The van der Waals surface area contributed by atoms with Crippen LogP contribution in [0.3, 0.4) is 0 Å². The maximum absolute atomic E-state index is 11.5. The minimum absolute atomic E-state index is 0.0482. The smallest absolute Gasteiger partial charge is 0.419 e. The van der Waals surface area contributed by atoms with Gasteiger partial charge in [-0.05, 0) is 18.6 Å². The van der Waals surface area contributed by atoms with Gasteiger partial charge in [0, 0.05) is 6.07 Å². The highest BCUT2D eigenvalue weighted by atomic mass is 16.6. The average molecular weight is 279 g/mol. The Kier molecular flexibility index (Phi) is 3.88. The van der Waals surface area contributed by atoms with Gasteiger partial charge in [-0.1, -0.05) is 13.3 Å². The third-order valence-electron chi connectivity index (χ3n) is 2.78. The van der Waals surface area contributed by atoms with Crippen molar-refractivity contribution in [3.8, 4) is 11.5 Å². The van der Waals surface area contributed by atoms with Gasteiger partial charge in [0.05, 0.1) is 16.9 Å². The van der Waals surface area contributed by atoms with Gasteiger partial charge in [0.1, 0.15) is 11.3 Å². The molecule has 2 aromatic rings. The van der Waals surface area contributed by atoms with Crippen LogP contribution in [-0.4, -0.2) is 16.6 Å². The number of rotatable bonds is 5. The molecule has 0 aliphatic heterocycles. The fourth-order valence-corrected chi connectivity index (χ4v) is 1.74. The summed E-state index contributed by atoms with van der Waals surface area (Å²) in [5, 5.41) is 20.5. The van der Waals surface area contributed by atoms with E-state index < -0.39 is 22.0 Å². The normalized spacial score (nSPS) is 10.7. The zero-order valence-electron chi connectivity index (χ0n) is 10.8. The molecule has 1 N–H and O–H groups in total. The highest BCUT2D eigenvalue weighted by molar-refractivity contribution is 5.87. The Morgan fingerprint density at radius 3 is 2.85 bits per heavy atom. The van der Waals surface area contributed by atoms with Crippen LogP contribution in [0.1, 0.15) is 19.8 Å². The summed E-state index contributed by atoms with van der Waals surface area (Å²) in [7, 11) is 0. The second kappa shape index (κ2) is 5.60. The lowest BCUT2D eigenvalue weighted by atomic mass is 10.2. The molecule has 0 aliphatic carbocycles. The van der Waals surface area contributed by atoms with E-state index in [9.17, 15) is 20.0 Å².